The normalized spacial score (nSPS) is 12.8. The molecule has 0 unspecified atom stereocenters. The molecular formula is C16H23BrN2O4. The van der Waals surface area contributed by atoms with Crippen LogP contribution < -0.4 is 14.8 Å². The van der Waals surface area contributed by atoms with Crippen LogP contribution in [0.2, 0.25) is 0 Å². The predicted molar refractivity (Wildman–Crippen MR) is 90.9 cm³/mol. The van der Waals surface area contributed by atoms with Crippen molar-refractivity contribution < 1.29 is 19.4 Å². The largest absolute Gasteiger partial charge is 0.486 e. The maximum atomic E-state index is 12.2. The quantitative estimate of drug-likeness (QED) is 0.755. The van der Waals surface area contributed by atoms with Crippen LogP contribution in [0.25, 0.3) is 0 Å². The van der Waals surface area contributed by atoms with Gasteiger partial charge in [0, 0.05) is 19.6 Å². The lowest BCUT2D eigenvalue weighted by Crippen LogP contribution is -2.41. The van der Waals surface area contributed by atoms with Crippen molar-refractivity contribution in [3.05, 3.63) is 22.2 Å². The predicted octanol–water partition coefficient (Wildman–Crippen LogP) is 2.52. The van der Waals surface area contributed by atoms with E-state index in [-0.39, 0.29) is 12.6 Å². The van der Waals surface area contributed by atoms with Gasteiger partial charge in [0.2, 0.25) is 0 Å². The summed E-state index contributed by atoms with van der Waals surface area (Å²) >= 11 is 3.47. The number of nitrogens with zero attached hydrogens (tertiary/aromatic N) is 1. The summed E-state index contributed by atoms with van der Waals surface area (Å²) in [5.41, 5.74) is 0.925. The third-order valence-corrected chi connectivity index (χ3v) is 4.13. The SMILES string of the molecule is CCCCN(CCO)C(=O)NCc1cc(Br)c2c(c1)OCCO2. The number of nitrogens with one attached hydrogen (secondary N) is 1. The molecule has 2 rings (SSSR count). The van der Waals surface area contributed by atoms with Gasteiger partial charge in [-0.2, -0.15) is 0 Å². The first kappa shape index (κ1) is 17.9. The highest BCUT2D eigenvalue weighted by atomic mass is 79.9. The van der Waals surface area contributed by atoms with Crippen LogP contribution in [0.3, 0.4) is 0 Å². The number of aliphatic hydroxyl groups excluding tert-OH is 1. The smallest absolute Gasteiger partial charge is 0.317 e. The van der Waals surface area contributed by atoms with Crippen molar-refractivity contribution in [1.29, 1.82) is 0 Å². The molecule has 1 aliphatic rings. The average molecular weight is 387 g/mol. The molecular weight excluding hydrogens is 364 g/mol. The lowest BCUT2D eigenvalue weighted by Gasteiger charge is -2.23. The molecule has 0 atom stereocenters. The molecule has 1 aliphatic heterocycles. The van der Waals surface area contributed by atoms with Gasteiger partial charge in [-0.15, -0.1) is 0 Å². The Kier molecular flexibility index (Phi) is 6.98. The molecule has 6 nitrogen and oxygen atoms in total. The topological polar surface area (TPSA) is 71.0 Å². The molecule has 2 N–H and O–H groups in total. The zero-order valence-corrected chi connectivity index (χ0v) is 14.9. The highest BCUT2D eigenvalue weighted by Crippen LogP contribution is 2.38. The van der Waals surface area contributed by atoms with Crippen molar-refractivity contribution in [3.63, 3.8) is 0 Å². The number of rotatable bonds is 7. The van der Waals surface area contributed by atoms with Gasteiger partial charge in [-0.25, -0.2) is 4.79 Å². The number of halogens is 1. The van der Waals surface area contributed by atoms with Crippen LogP contribution in [0.15, 0.2) is 16.6 Å². The molecule has 128 valence electrons. The number of benzene rings is 1. The van der Waals surface area contributed by atoms with Crippen molar-refractivity contribution >= 4 is 22.0 Å². The number of aliphatic hydroxyl groups is 1. The minimum Gasteiger partial charge on any atom is -0.486 e. The maximum absolute atomic E-state index is 12.2. The Hall–Kier alpha value is -1.47. The molecule has 1 aromatic carbocycles. The minimum atomic E-state index is -0.168. The number of carbonyl (C=O) groups is 1. The van der Waals surface area contributed by atoms with Gasteiger partial charge in [-0.3, -0.25) is 0 Å². The van der Waals surface area contributed by atoms with E-state index in [2.05, 4.69) is 28.2 Å². The molecule has 0 radical (unpaired) electrons. The van der Waals surface area contributed by atoms with Gasteiger partial charge in [0.15, 0.2) is 11.5 Å². The van der Waals surface area contributed by atoms with Crippen LogP contribution in [0, 0.1) is 0 Å². The Labute approximate surface area is 144 Å². The van der Waals surface area contributed by atoms with E-state index in [0.29, 0.717) is 44.3 Å². The molecule has 0 saturated heterocycles. The second-order valence-corrected chi connectivity index (χ2v) is 6.18. The summed E-state index contributed by atoms with van der Waals surface area (Å²) in [5.74, 6) is 1.39. The highest BCUT2D eigenvalue weighted by Gasteiger charge is 2.17. The van der Waals surface area contributed by atoms with Gasteiger partial charge in [0.25, 0.3) is 0 Å². The third-order valence-electron chi connectivity index (χ3n) is 3.54. The van der Waals surface area contributed by atoms with Crippen molar-refractivity contribution in [1.82, 2.24) is 10.2 Å². The summed E-state index contributed by atoms with van der Waals surface area (Å²) in [5, 5.41) is 12.0. The summed E-state index contributed by atoms with van der Waals surface area (Å²) in [6, 6.07) is 3.62. The van der Waals surface area contributed by atoms with E-state index >= 15 is 0 Å². The van der Waals surface area contributed by atoms with E-state index in [4.69, 9.17) is 14.6 Å². The Morgan fingerprint density at radius 1 is 1.35 bits per heavy atom. The molecule has 0 saturated carbocycles. The summed E-state index contributed by atoms with van der Waals surface area (Å²) in [7, 11) is 0. The van der Waals surface area contributed by atoms with Crippen molar-refractivity contribution in [2.45, 2.75) is 26.3 Å². The van der Waals surface area contributed by atoms with E-state index in [0.717, 1.165) is 22.9 Å². The van der Waals surface area contributed by atoms with Crippen LogP contribution in [0.1, 0.15) is 25.3 Å². The number of urea groups is 1. The van der Waals surface area contributed by atoms with E-state index in [9.17, 15) is 4.79 Å². The van der Waals surface area contributed by atoms with Gasteiger partial charge >= 0.3 is 6.03 Å². The maximum Gasteiger partial charge on any atom is 0.317 e. The molecule has 0 fully saturated rings. The lowest BCUT2D eigenvalue weighted by atomic mass is 10.2. The van der Waals surface area contributed by atoms with Crippen molar-refractivity contribution in [2.75, 3.05) is 32.9 Å². The number of fused-ring (bicyclic) bond motifs is 1. The fourth-order valence-corrected chi connectivity index (χ4v) is 2.94. The molecule has 2 amide bonds. The van der Waals surface area contributed by atoms with Crippen LogP contribution in [-0.2, 0) is 6.54 Å². The minimum absolute atomic E-state index is 0.0350. The Morgan fingerprint density at radius 2 is 2.13 bits per heavy atom. The first-order valence-corrected chi connectivity index (χ1v) is 8.66. The second-order valence-electron chi connectivity index (χ2n) is 5.32. The van der Waals surface area contributed by atoms with Crippen LogP contribution in [-0.4, -0.2) is 48.9 Å². The number of carbonyl (C=O) groups excluding carboxylic acids is 1. The monoisotopic (exact) mass is 386 g/mol. The first-order chi connectivity index (χ1) is 11.2. The number of hydrogen-bond acceptors (Lipinski definition) is 4. The summed E-state index contributed by atoms with van der Waals surface area (Å²) in [4.78, 5) is 13.9. The van der Waals surface area contributed by atoms with Gasteiger partial charge in [0.05, 0.1) is 11.1 Å². The number of unbranched alkanes of at least 4 members (excludes halogenated alkanes) is 1. The van der Waals surface area contributed by atoms with Crippen LogP contribution in [0.5, 0.6) is 11.5 Å². The molecule has 0 bridgehead atoms. The molecule has 0 spiro atoms. The van der Waals surface area contributed by atoms with Gasteiger partial charge in [-0.05, 0) is 40.0 Å². The van der Waals surface area contributed by atoms with Crippen LogP contribution in [0.4, 0.5) is 4.79 Å². The number of ether oxygens (including phenoxy) is 2. The number of amides is 2. The molecule has 7 heteroatoms. The Bertz CT molecular complexity index is 539. The summed E-state index contributed by atoms with van der Waals surface area (Å²) in [6.07, 6.45) is 1.92. The van der Waals surface area contributed by atoms with E-state index in [1.807, 2.05) is 12.1 Å². The average Bonchev–Trinajstić information content (AvgIpc) is 2.56. The second kappa shape index (κ2) is 8.98. The molecule has 23 heavy (non-hydrogen) atoms. The molecule has 0 aliphatic carbocycles. The zero-order chi connectivity index (χ0) is 16.7. The fourth-order valence-electron chi connectivity index (χ4n) is 2.34. The molecule has 1 aromatic rings. The Balaban J connectivity index is 1.96. The Morgan fingerprint density at radius 3 is 2.87 bits per heavy atom. The third kappa shape index (κ3) is 5.00. The fraction of sp³-hybridized carbons (Fsp3) is 0.562. The van der Waals surface area contributed by atoms with E-state index in [1.54, 1.807) is 4.90 Å². The number of hydrogen-bond donors (Lipinski definition) is 2. The van der Waals surface area contributed by atoms with Crippen molar-refractivity contribution in [3.8, 4) is 11.5 Å². The van der Waals surface area contributed by atoms with Gasteiger partial charge < -0.3 is 24.8 Å². The highest BCUT2D eigenvalue weighted by molar-refractivity contribution is 9.10. The molecule has 0 aromatic heterocycles. The van der Waals surface area contributed by atoms with Crippen LogP contribution >= 0.6 is 15.9 Å². The summed E-state index contributed by atoms with van der Waals surface area (Å²) in [6.45, 7) is 4.48. The standard InChI is InChI=1S/C16H23BrN2O4/c1-2-3-4-19(5-6-20)16(21)18-11-12-9-13(17)15-14(10-12)22-7-8-23-15/h9-10,20H,2-8,11H2,1H3,(H,18,21). The van der Waals surface area contributed by atoms with Crippen molar-refractivity contribution in [2.24, 2.45) is 0 Å². The van der Waals surface area contributed by atoms with E-state index in [1.165, 1.54) is 0 Å². The summed E-state index contributed by atoms with van der Waals surface area (Å²) < 4.78 is 12.0. The lowest BCUT2D eigenvalue weighted by molar-refractivity contribution is 0.170. The zero-order valence-electron chi connectivity index (χ0n) is 13.3. The van der Waals surface area contributed by atoms with Gasteiger partial charge in [-0.1, -0.05) is 13.3 Å². The van der Waals surface area contributed by atoms with E-state index < -0.39 is 0 Å². The van der Waals surface area contributed by atoms with Gasteiger partial charge in [0.1, 0.15) is 13.2 Å². The first-order valence-electron chi connectivity index (χ1n) is 7.87. The molecule has 1 heterocycles.